The molecule has 14 heavy (non-hydrogen) atoms. The number of carbonyl (C=O) groups excluding carboxylic acids is 1. The summed E-state index contributed by atoms with van der Waals surface area (Å²) in [6.45, 7) is 7.52. The quantitative estimate of drug-likeness (QED) is 0.678. The van der Waals surface area contributed by atoms with E-state index in [1.54, 1.807) is 0 Å². The summed E-state index contributed by atoms with van der Waals surface area (Å²) in [6, 6.07) is 3.75. The van der Waals surface area contributed by atoms with E-state index in [0.29, 0.717) is 5.69 Å². The number of fused-ring (bicyclic) bond motifs is 1. The number of pyridine rings is 1. The normalized spacial score (nSPS) is 20.3. The number of carbonyl (C=O) groups is 1. The lowest BCUT2D eigenvalue weighted by molar-refractivity contribution is 0.0940. The van der Waals surface area contributed by atoms with E-state index < -0.39 is 0 Å². The molecule has 0 spiro atoms. The van der Waals surface area contributed by atoms with Gasteiger partial charge >= 0.3 is 0 Å². The van der Waals surface area contributed by atoms with Crippen molar-refractivity contribution in [1.82, 2.24) is 4.98 Å². The number of rotatable bonds is 0. The molecule has 2 rings (SSSR count). The lowest BCUT2D eigenvalue weighted by Crippen LogP contribution is -2.26. The molecule has 0 amide bonds. The summed E-state index contributed by atoms with van der Waals surface area (Å²) in [5.74, 6) is -0.135. The smallest absolute Gasteiger partial charge is 0.191 e. The Kier molecular flexibility index (Phi) is 1.88. The predicted molar refractivity (Wildman–Crippen MR) is 55.2 cm³/mol. The van der Waals surface area contributed by atoms with Crippen LogP contribution in [0.25, 0.3) is 0 Å². The number of Topliss-reactive ketones (excluding diaryl/α,β-unsaturated/α-hetero) is 1. The van der Waals surface area contributed by atoms with Gasteiger partial charge in [-0.2, -0.15) is 0 Å². The molecule has 1 aliphatic rings. The molecule has 0 fully saturated rings. The highest BCUT2D eigenvalue weighted by molar-refractivity contribution is 6.04. The molecule has 0 radical (unpaired) electrons. The third-order valence-electron chi connectivity index (χ3n) is 2.48. The van der Waals surface area contributed by atoms with Gasteiger partial charge in [0.05, 0.1) is 11.6 Å². The second-order valence-corrected chi connectivity index (χ2v) is 3.58. The highest BCUT2D eigenvalue weighted by atomic mass is 16.1. The molecule has 0 aliphatic carbocycles. The molecule has 1 N–H and O–H groups in total. The maximum Gasteiger partial charge on any atom is 0.191 e. The first kappa shape index (κ1) is 8.94. The van der Waals surface area contributed by atoms with Crippen molar-refractivity contribution in [3.8, 4) is 0 Å². The van der Waals surface area contributed by atoms with Crippen molar-refractivity contribution in [2.75, 3.05) is 5.32 Å². The van der Waals surface area contributed by atoms with Crippen LogP contribution >= 0.6 is 0 Å². The molecule has 72 valence electrons. The molecule has 1 atom stereocenters. The average molecular weight is 188 g/mol. The number of hydrogen-bond donors (Lipinski definition) is 1. The van der Waals surface area contributed by atoms with Crippen LogP contribution in [0.2, 0.25) is 0 Å². The molecule has 3 nitrogen and oxygen atoms in total. The van der Waals surface area contributed by atoms with E-state index in [4.69, 9.17) is 0 Å². The SMILES string of the molecule is C=C1Nc2ccc(C)nc2C(=O)C1C. The second-order valence-electron chi connectivity index (χ2n) is 3.58. The van der Waals surface area contributed by atoms with Crippen LogP contribution in [0, 0.1) is 12.8 Å². The van der Waals surface area contributed by atoms with Gasteiger partial charge in [0, 0.05) is 11.4 Å². The number of hydrogen-bond acceptors (Lipinski definition) is 3. The van der Waals surface area contributed by atoms with Crippen molar-refractivity contribution in [2.45, 2.75) is 13.8 Å². The number of aromatic nitrogens is 1. The summed E-state index contributed by atoms with van der Waals surface area (Å²) in [7, 11) is 0. The number of nitrogens with zero attached hydrogens (tertiary/aromatic N) is 1. The van der Waals surface area contributed by atoms with Gasteiger partial charge in [0.15, 0.2) is 5.78 Å². The minimum absolute atomic E-state index is 0.0486. The Morgan fingerprint density at radius 3 is 2.93 bits per heavy atom. The molecule has 2 heterocycles. The van der Waals surface area contributed by atoms with Gasteiger partial charge in [0.25, 0.3) is 0 Å². The van der Waals surface area contributed by atoms with Gasteiger partial charge in [0.2, 0.25) is 0 Å². The first-order chi connectivity index (χ1) is 6.59. The van der Waals surface area contributed by atoms with Crippen LogP contribution in [0.5, 0.6) is 0 Å². The van der Waals surface area contributed by atoms with E-state index in [9.17, 15) is 4.79 Å². The van der Waals surface area contributed by atoms with Gasteiger partial charge in [-0.15, -0.1) is 0 Å². The van der Waals surface area contributed by atoms with Crippen molar-refractivity contribution >= 4 is 11.5 Å². The van der Waals surface area contributed by atoms with Crippen LogP contribution in [0.15, 0.2) is 24.4 Å². The zero-order chi connectivity index (χ0) is 10.3. The Morgan fingerprint density at radius 2 is 2.21 bits per heavy atom. The third kappa shape index (κ3) is 1.21. The molecule has 3 heteroatoms. The topological polar surface area (TPSA) is 42.0 Å². The van der Waals surface area contributed by atoms with Crippen LogP contribution < -0.4 is 5.32 Å². The number of aryl methyl sites for hydroxylation is 1. The van der Waals surface area contributed by atoms with Crippen molar-refractivity contribution in [3.63, 3.8) is 0 Å². The Morgan fingerprint density at radius 1 is 1.50 bits per heavy atom. The minimum Gasteiger partial charge on any atom is -0.357 e. The lowest BCUT2D eigenvalue weighted by atomic mass is 9.95. The van der Waals surface area contributed by atoms with E-state index in [2.05, 4.69) is 16.9 Å². The maximum absolute atomic E-state index is 11.8. The summed E-state index contributed by atoms with van der Waals surface area (Å²) in [6.07, 6.45) is 0. The summed E-state index contributed by atoms with van der Waals surface area (Å²) in [4.78, 5) is 16.0. The summed E-state index contributed by atoms with van der Waals surface area (Å²) in [5, 5.41) is 3.09. The molecular weight excluding hydrogens is 176 g/mol. The zero-order valence-corrected chi connectivity index (χ0v) is 8.29. The molecular formula is C11H12N2O. The van der Waals surface area contributed by atoms with Crippen molar-refractivity contribution < 1.29 is 4.79 Å². The lowest BCUT2D eigenvalue weighted by Gasteiger charge is -2.23. The molecule has 1 aromatic rings. The fraction of sp³-hybridized carbons (Fsp3) is 0.273. The van der Waals surface area contributed by atoms with Crippen molar-refractivity contribution in [3.05, 3.63) is 35.8 Å². The predicted octanol–water partition coefficient (Wildman–Crippen LogP) is 2.15. The van der Waals surface area contributed by atoms with Gasteiger partial charge in [-0.3, -0.25) is 4.79 Å². The standard InChI is InChI=1S/C11H12N2O/c1-6-4-5-9-10(12-6)11(14)7(2)8(3)13-9/h4-5,7,13H,3H2,1-2H3. The van der Waals surface area contributed by atoms with E-state index in [0.717, 1.165) is 17.1 Å². The van der Waals surface area contributed by atoms with Gasteiger partial charge < -0.3 is 5.32 Å². The van der Waals surface area contributed by atoms with E-state index >= 15 is 0 Å². The first-order valence-corrected chi connectivity index (χ1v) is 4.57. The van der Waals surface area contributed by atoms with Crippen molar-refractivity contribution in [2.24, 2.45) is 5.92 Å². The Balaban J connectivity index is 2.57. The molecule has 1 unspecified atom stereocenters. The molecule has 0 saturated heterocycles. The zero-order valence-electron chi connectivity index (χ0n) is 8.29. The molecule has 0 aromatic carbocycles. The maximum atomic E-state index is 11.8. The van der Waals surface area contributed by atoms with Gasteiger partial charge in [-0.25, -0.2) is 4.98 Å². The van der Waals surface area contributed by atoms with Crippen molar-refractivity contribution in [1.29, 1.82) is 0 Å². The minimum atomic E-state index is -0.184. The largest absolute Gasteiger partial charge is 0.357 e. The average Bonchev–Trinajstić information content (AvgIpc) is 2.16. The van der Waals surface area contributed by atoms with Gasteiger partial charge in [-0.1, -0.05) is 6.58 Å². The van der Waals surface area contributed by atoms with Crippen LogP contribution in [-0.4, -0.2) is 10.8 Å². The summed E-state index contributed by atoms with van der Waals surface area (Å²) < 4.78 is 0. The fourth-order valence-corrected chi connectivity index (χ4v) is 1.49. The molecule has 0 bridgehead atoms. The highest BCUT2D eigenvalue weighted by Crippen LogP contribution is 2.28. The second kappa shape index (κ2) is 2.94. The van der Waals surface area contributed by atoms with E-state index in [1.807, 2.05) is 26.0 Å². The van der Waals surface area contributed by atoms with Crippen LogP contribution in [0.3, 0.4) is 0 Å². The summed E-state index contributed by atoms with van der Waals surface area (Å²) >= 11 is 0. The van der Waals surface area contributed by atoms with Crippen LogP contribution in [-0.2, 0) is 0 Å². The fourth-order valence-electron chi connectivity index (χ4n) is 1.49. The third-order valence-corrected chi connectivity index (χ3v) is 2.48. The van der Waals surface area contributed by atoms with Gasteiger partial charge in [0.1, 0.15) is 5.69 Å². The number of nitrogens with one attached hydrogen (secondary N) is 1. The van der Waals surface area contributed by atoms with Gasteiger partial charge in [-0.05, 0) is 26.0 Å². The summed E-state index contributed by atoms with van der Waals surface area (Å²) in [5.41, 5.74) is 2.90. The number of allylic oxidation sites excluding steroid dienone is 1. The Bertz CT molecular complexity index is 423. The number of ketones is 1. The number of anilines is 1. The highest BCUT2D eigenvalue weighted by Gasteiger charge is 2.27. The molecule has 1 aromatic heterocycles. The van der Waals surface area contributed by atoms with Crippen LogP contribution in [0.4, 0.5) is 5.69 Å². The monoisotopic (exact) mass is 188 g/mol. The Labute approximate surface area is 82.9 Å². The Hall–Kier alpha value is -1.64. The van der Waals surface area contributed by atoms with E-state index in [1.165, 1.54) is 0 Å². The van der Waals surface area contributed by atoms with E-state index in [-0.39, 0.29) is 11.7 Å². The first-order valence-electron chi connectivity index (χ1n) is 4.57. The van der Waals surface area contributed by atoms with Crippen LogP contribution in [0.1, 0.15) is 23.1 Å². The molecule has 1 aliphatic heterocycles. The molecule has 0 saturated carbocycles.